The lowest BCUT2D eigenvalue weighted by Crippen LogP contribution is -1.99. The molecule has 0 aliphatic carbocycles. The first-order valence-corrected chi connectivity index (χ1v) is 6.35. The van der Waals surface area contributed by atoms with Crippen molar-refractivity contribution in [1.29, 1.82) is 0 Å². The van der Waals surface area contributed by atoms with E-state index in [0.717, 1.165) is 21.3 Å². The number of nitrogens with zero attached hydrogens (tertiary/aromatic N) is 2. The molecule has 2 aromatic rings. The van der Waals surface area contributed by atoms with Crippen LogP contribution in [0.4, 0.5) is 5.95 Å². The van der Waals surface area contributed by atoms with Gasteiger partial charge in [0.1, 0.15) is 5.75 Å². The Hall–Kier alpha value is -1.62. The average Bonchev–Trinajstić information content (AvgIpc) is 2.36. The largest absolute Gasteiger partial charge is 0.437 e. The van der Waals surface area contributed by atoms with Gasteiger partial charge in [0, 0.05) is 7.05 Å². The zero-order valence-corrected chi connectivity index (χ0v) is 12.1. The summed E-state index contributed by atoms with van der Waals surface area (Å²) in [5.41, 5.74) is 2.21. The van der Waals surface area contributed by atoms with Crippen LogP contribution in [0.25, 0.3) is 0 Å². The van der Waals surface area contributed by atoms with Crippen molar-refractivity contribution >= 4 is 21.9 Å². The van der Waals surface area contributed by atoms with Crippen molar-refractivity contribution in [3.05, 3.63) is 40.0 Å². The number of ether oxygens (including phenoxy) is 1. The maximum atomic E-state index is 5.83. The molecule has 1 N–H and O–H groups in total. The van der Waals surface area contributed by atoms with Crippen LogP contribution in [-0.2, 0) is 0 Å². The third kappa shape index (κ3) is 2.79. The lowest BCUT2D eigenvalue weighted by Gasteiger charge is -2.10. The lowest BCUT2D eigenvalue weighted by molar-refractivity contribution is 0.455. The number of aromatic nitrogens is 2. The van der Waals surface area contributed by atoms with Crippen LogP contribution in [0.2, 0.25) is 0 Å². The first-order valence-electron chi connectivity index (χ1n) is 5.55. The predicted octanol–water partition coefficient (Wildman–Crippen LogP) is 3.69. The molecule has 18 heavy (non-hydrogen) atoms. The van der Waals surface area contributed by atoms with Crippen LogP contribution < -0.4 is 10.1 Å². The summed E-state index contributed by atoms with van der Waals surface area (Å²) < 4.78 is 6.55. The number of anilines is 1. The molecule has 94 valence electrons. The van der Waals surface area contributed by atoms with Crippen LogP contribution in [0.1, 0.15) is 11.1 Å². The maximum Gasteiger partial charge on any atom is 0.238 e. The minimum Gasteiger partial charge on any atom is -0.437 e. The second-order valence-electron chi connectivity index (χ2n) is 3.97. The molecule has 0 aliphatic rings. The summed E-state index contributed by atoms with van der Waals surface area (Å²) in [6.45, 7) is 4.03. The van der Waals surface area contributed by atoms with E-state index >= 15 is 0 Å². The fourth-order valence-corrected chi connectivity index (χ4v) is 1.74. The van der Waals surface area contributed by atoms with Crippen LogP contribution in [0.5, 0.6) is 11.6 Å². The molecule has 0 bridgehead atoms. The van der Waals surface area contributed by atoms with Crippen molar-refractivity contribution < 1.29 is 4.74 Å². The second kappa shape index (κ2) is 5.35. The van der Waals surface area contributed by atoms with E-state index < -0.39 is 0 Å². The predicted molar refractivity (Wildman–Crippen MR) is 75.3 cm³/mol. The minimum absolute atomic E-state index is 0.503. The molecule has 0 fully saturated rings. The van der Waals surface area contributed by atoms with Crippen molar-refractivity contribution in [2.75, 3.05) is 12.4 Å². The highest BCUT2D eigenvalue weighted by atomic mass is 79.9. The molecule has 0 saturated heterocycles. The molecule has 0 atom stereocenters. The Balaban J connectivity index is 2.36. The third-order valence-corrected chi connectivity index (χ3v) is 3.03. The molecule has 0 amide bonds. The molecule has 1 aromatic carbocycles. The van der Waals surface area contributed by atoms with Crippen molar-refractivity contribution in [1.82, 2.24) is 9.97 Å². The monoisotopic (exact) mass is 307 g/mol. The number of hydrogen-bond donors (Lipinski definition) is 1. The second-order valence-corrected chi connectivity index (χ2v) is 4.82. The summed E-state index contributed by atoms with van der Waals surface area (Å²) in [6.07, 6.45) is 1.67. The maximum absolute atomic E-state index is 5.83. The van der Waals surface area contributed by atoms with E-state index in [0.29, 0.717) is 11.8 Å². The summed E-state index contributed by atoms with van der Waals surface area (Å²) in [5, 5.41) is 2.88. The van der Waals surface area contributed by atoms with Gasteiger partial charge < -0.3 is 10.1 Å². The number of aryl methyl sites for hydroxylation is 2. The standard InChI is InChI=1S/C13H14BrN3O/c1-8-4-5-9(2)11(6-8)18-12-10(14)7-16-13(15-3)17-12/h4-7H,1-3H3,(H,15,16,17). The molecule has 2 rings (SSSR count). The fraction of sp³-hybridized carbons (Fsp3) is 0.231. The van der Waals surface area contributed by atoms with Crippen LogP contribution in [0, 0.1) is 13.8 Å². The SMILES string of the molecule is CNc1ncc(Br)c(Oc2cc(C)ccc2C)n1. The van der Waals surface area contributed by atoms with Crippen LogP contribution >= 0.6 is 15.9 Å². The van der Waals surface area contributed by atoms with E-state index in [1.165, 1.54) is 0 Å². The minimum atomic E-state index is 0.503. The Morgan fingerprint density at radius 2 is 2.06 bits per heavy atom. The summed E-state index contributed by atoms with van der Waals surface area (Å²) in [5.74, 6) is 1.83. The summed E-state index contributed by atoms with van der Waals surface area (Å²) in [4.78, 5) is 8.36. The Kier molecular flexibility index (Phi) is 3.81. The number of rotatable bonds is 3. The smallest absolute Gasteiger partial charge is 0.238 e. The normalized spacial score (nSPS) is 10.2. The van der Waals surface area contributed by atoms with Crippen LogP contribution in [0.15, 0.2) is 28.9 Å². The van der Waals surface area contributed by atoms with Gasteiger partial charge in [-0.1, -0.05) is 12.1 Å². The van der Waals surface area contributed by atoms with Gasteiger partial charge in [0.25, 0.3) is 0 Å². The number of benzene rings is 1. The van der Waals surface area contributed by atoms with Gasteiger partial charge in [-0.15, -0.1) is 0 Å². The Morgan fingerprint density at radius 3 is 2.78 bits per heavy atom. The van der Waals surface area contributed by atoms with E-state index in [-0.39, 0.29) is 0 Å². The first kappa shape index (κ1) is 12.8. The van der Waals surface area contributed by atoms with Crippen LogP contribution in [-0.4, -0.2) is 17.0 Å². The number of halogens is 1. The fourth-order valence-electron chi connectivity index (χ4n) is 1.46. The third-order valence-electron chi connectivity index (χ3n) is 2.49. The van der Waals surface area contributed by atoms with Gasteiger partial charge in [0.15, 0.2) is 0 Å². The average molecular weight is 308 g/mol. The van der Waals surface area contributed by atoms with Crippen molar-refractivity contribution in [2.45, 2.75) is 13.8 Å². The van der Waals surface area contributed by atoms with Crippen molar-refractivity contribution in [3.63, 3.8) is 0 Å². The van der Waals surface area contributed by atoms with Gasteiger partial charge >= 0.3 is 0 Å². The molecular weight excluding hydrogens is 294 g/mol. The van der Waals surface area contributed by atoms with Gasteiger partial charge in [0.05, 0.1) is 10.7 Å². The van der Waals surface area contributed by atoms with Crippen LogP contribution in [0.3, 0.4) is 0 Å². The van der Waals surface area contributed by atoms with Crippen molar-refractivity contribution in [2.24, 2.45) is 0 Å². The van der Waals surface area contributed by atoms with E-state index in [2.05, 4.69) is 37.3 Å². The van der Waals surface area contributed by atoms with E-state index in [9.17, 15) is 0 Å². The highest BCUT2D eigenvalue weighted by Crippen LogP contribution is 2.30. The topological polar surface area (TPSA) is 47.0 Å². The molecule has 4 nitrogen and oxygen atoms in total. The van der Waals surface area contributed by atoms with E-state index in [1.807, 2.05) is 26.0 Å². The number of hydrogen-bond acceptors (Lipinski definition) is 4. The van der Waals surface area contributed by atoms with Gasteiger partial charge in [-0.05, 0) is 47.0 Å². The zero-order valence-electron chi connectivity index (χ0n) is 10.5. The van der Waals surface area contributed by atoms with Gasteiger partial charge in [-0.25, -0.2) is 4.98 Å². The Labute approximate surface area is 115 Å². The molecule has 0 radical (unpaired) electrons. The molecule has 1 aromatic heterocycles. The van der Waals surface area contributed by atoms with Gasteiger partial charge in [0.2, 0.25) is 11.8 Å². The zero-order chi connectivity index (χ0) is 13.1. The molecule has 1 heterocycles. The molecule has 0 spiro atoms. The molecule has 0 aliphatic heterocycles. The highest BCUT2D eigenvalue weighted by molar-refractivity contribution is 9.10. The Bertz CT molecular complexity index is 572. The lowest BCUT2D eigenvalue weighted by atomic mass is 10.1. The highest BCUT2D eigenvalue weighted by Gasteiger charge is 2.08. The molecule has 5 heteroatoms. The van der Waals surface area contributed by atoms with Crippen molar-refractivity contribution in [3.8, 4) is 11.6 Å². The van der Waals surface area contributed by atoms with E-state index in [4.69, 9.17) is 4.74 Å². The number of nitrogens with one attached hydrogen (secondary N) is 1. The molecule has 0 unspecified atom stereocenters. The molecular formula is C13H14BrN3O. The van der Waals surface area contributed by atoms with Gasteiger partial charge in [-0.2, -0.15) is 4.98 Å². The van der Waals surface area contributed by atoms with E-state index in [1.54, 1.807) is 13.2 Å². The first-order chi connectivity index (χ1) is 8.60. The molecule has 0 saturated carbocycles. The van der Waals surface area contributed by atoms with Gasteiger partial charge in [-0.3, -0.25) is 0 Å². The quantitative estimate of drug-likeness (QED) is 0.939. The summed E-state index contributed by atoms with van der Waals surface area (Å²) in [7, 11) is 1.77. The Morgan fingerprint density at radius 1 is 1.28 bits per heavy atom. The summed E-state index contributed by atoms with van der Waals surface area (Å²) >= 11 is 3.38. The summed E-state index contributed by atoms with van der Waals surface area (Å²) in [6, 6.07) is 6.07.